The molecule has 3 aliphatic rings. The van der Waals surface area contributed by atoms with Crippen LogP contribution in [-0.2, 0) is 6.42 Å². The lowest BCUT2D eigenvalue weighted by Gasteiger charge is -2.46. The van der Waals surface area contributed by atoms with Crippen LogP contribution in [0.2, 0.25) is 0 Å². The second-order valence-electron chi connectivity index (χ2n) is 13.7. The van der Waals surface area contributed by atoms with E-state index in [1.165, 1.54) is 71.6 Å². The first-order valence-corrected chi connectivity index (χ1v) is 17.7. The van der Waals surface area contributed by atoms with E-state index in [1.807, 2.05) is 0 Å². The molecule has 3 nitrogen and oxygen atoms in total. The second-order valence-corrected chi connectivity index (χ2v) is 13.7. The number of likely N-dealkylation sites (N-methyl/N-ethyl adjacent to an activating group) is 1. The SMILES string of the molecule is CN1C(C2=CCCC=C2)NC(c2ccccc2)NC1c1cccc(-c2cccc(-c3ccc4c(c3)c3c(c5ccccc54)CCC=C3)c2)c1. The number of nitrogens with one attached hydrogen (secondary N) is 2. The van der Waals surface area contributed by atoms with E-state index in [2.05, 4.69) is 174 Å². The first kappa shape index (κ1) is 30.0. The minimum atomic E-state index is 0.0289. The van der Waals surface area contributed by atoms with Gasteiger partial charge in [0.2, 0.25) is 0 Å². The van der Waals surface area contributed by atoms with Crippen molar-refractivity contribution in [3.63, 3.8) is 0 Å². The highest BCUT2D eigenvalue weighted by molar-refractivity contribution is 6.13. The summed E-state index contributed by atoms with van der Waals surface area (Å²) < 4.78 is 0. The summed E-state index contributed by atoms with van der Waals surface area (Å²) in [7, 11) is 2.23. The molecule has 2 N–H and O–H groups in total. The fourth-order valence-electron chi connectivity index (χ4n) is 8.21. The highest BCUT2D eigenvalue weighted by atomic mass is 15.4. The largest absolute Gasteiger partial charge is 0.279 e. The van der Waals surface area contributed by atoms with E-state index in [-0.39, 0.29) is 18.5 Å². The number of hydrogen-bond acceptors (Lipinski definition) is 3. The molecule has 2 aliphatic carbocycles. The number of allylic oxidation sites excluding steroid dienone is 3. The maximum Gasteiger partial charge on any atom is 0.0888 e. The summed E-state index contributed by atoms with van der Waals surface area (Å²) in [6.07, 6.45) is 16.2. The molecule has 1 heterocycles. The van der Waals surface area contributed by atoms with Gasteiger partial charge in [-0.25, -0.2) is 0 Å². The minimum Gasteiger partial charge on any atom is -0.279 e. The molecule has 0 bridgehead atoms. The summed E-state index contributed by atoms with van der Waals surface area (Å²) in [5.74, 6) is 0. The molecule has 1 fully saturated rings. The summed E-state index contributed by atoms with van der Waals surface area (Å²) in [5, 5.41) is 13.3. The lowest BCUT2D eigenvalue weighted by molar-refractivity contribution is 0.0629. The van der Waals surface area contributed by atoms with Gasteiger partial charge in [-0.2, -0.15) is 0 Å². The average Bonchev–Trinajstić information content (AvgIpc) is 3.19. The van der Waals surface area contributed by atoms with Crippen LogP contribution in [0.1, 0.15) is 53.8 Å². The molecular formula is C46H41N3. The monoisotopic (exact) mass is 635 g/mol. The smallest absolute Gasteiger partial charge is 0.0888 e. The van der Waals surface area contributed by atoms with Crippen molar-refractivity contribution in [2.45, 2.75) is 44.2 Å². The Bertz CT molecular complexity index is 2280. The van der Waals surface area contributed by atoms with Crippen molar-refractivity contribution in [3.05, 3.63) is 173 Å². The molecule has 0 saturated carbocycles. The Balaban J connectivity index is 1.08. The molecular weight excluding hydrogens is 595 g/mol. The maximum absolute atomic E-state index is 3.93. The molecule has 0 aromatic heterocycles. The van der Waals surface area contributed by atoms with E-state index < -0.39 is 0 Å². The third-order valence-electron chi connectivity index (χ3n) is 10.7. The number of rotatable bonds is 5. The number of benzene rings is 6. The summed E-state index contributed by atoms with van der Waals surface area (Å²) in [4.78, 5) is 2.43. The van der Waals surface area contributed by atoms with E-state index in [4.69, 9.17) is 0 Å². The minimum absolute atomic E-state index is 0.0289. The molecule has 0 spiro atoms. The second kappa shape index (κ2) is 12.8. The molecule has 6 aromatic rings. The topological polar surface area (TPSA) is 27.3 Å². The molecule has 9 rings (SSSR count). The number of nitrogens with zero attached hydrogens (tertiary/aromatic N) is 1. The van der Waals surface area contributed by atoms with Gasteiger partial charge in [0.15, 0.2) is 0 Å². The Kier molecular flexibility index (Phi) is 7.82. The standard InChI is InChI=1S/C46H41N3/c1-49-45(32-16-6-3-7-17-32)47-44(31-14-4-2-5-15-31)48-46(49)37-21-13-20-35(29-37)33-18-12-19-34(28-33)36-26-27-42-40-24-9-8-22-38(40)39-23-10-11-25-41(39)43(42)30-36/h2,4-6,8-9,11-22,24-30,44-48H,3,7,10,23H2,1H3. The van der Waals surface area contributed by atoms with Crippen molar-refractivity contribution in [1.29, 1.82) is 0 Å². The molecule has 3 heteroatoms. The van der Waals surface area contributed by atoms with Gasteiger partial charge in [-0.05, 0) is 123 Å². The first-order chi connectivity index (χ1) is 24.2. The van der Waals surface area contributed by atoms with Gasteiger partial charge < -0.3 is 0 Å². The molecule has 0 amide bonds. The highest BCUT2D eigenvalue weighted by Crippen LogP contribution is 2.39. The molecule has 240 valence electrons. The summed E-state index contributed by atoms with van der Waals surface area (Å²) >= 11 is 0. The van der Waals surface area contributed by atoms with Crippen molar-refractivity contribution < 1.29 is 0 Å². The Hall–Kier alpha value is -5.06. The Morgan fingerprint density at radius 1 is 0.531 bits per heavy atom. The fourth-order valence-corrected chi connectivity index (χ4v) is 8.21. The molecule has 6 aromatic carbocycles. The van der Waals surface area contributed by atoms with E-state index in [1.54, 1.807) is 0 Å². The zero-order valence-corrected chi connectivity index (χ0v) is 27.9. The summed E-state index contributed by atoms with van der Waals surface area (Å²) in [6, 6.07) is 44.9. The van der Waals surface area contributed by atoms with E-state index in [9.17, 15) is 0 Å². The molecule has 49 heavy (non-hydrogen) atoms. The van der Waals surface area contributed by atoms with Gasteiger partial charge in [-0.3, -0.25) is 15.5 Å². The predicted molar refractivity (Wildman–Crippen MR) is 206 cm³/mol. The predicted octanol–water partition coefficient (Wildman–Crippen LogP) is 10.7. The molecule has 3 atom stereocenters. The van der Waals surface area contributed by atoms with Gasteiger partial charge in [0, 0.05) is 0 Å². The van der Waals surface area contributed by atoms with Crippen molar-refractivity contribution in [2.75, 3.05) is 7.05 Å². The zero-order valence-electron chi connectivity index (χ0n) is 27.9. The Labute approximate surface area is 289 Å². The first-order valence-electron chi connectivity index (χ1n) is 17.7. The van der Waals surface area contributed by atoms with Crippen molar-refractivity contribution >= 4 is 27.6 Å². The Morgan fingerprint density at radius 2 is 1.20 bits per heavy atom. The lowest BCUT2D eigenvalue weighted by atomic mass is 9.85. The highest BCUT2D eigenvalue weighted by Gasteiger charge is 2.35. The number of fused-ring (bicyclic) bond motifs is 6. The maximum atomic E-state index is 3.93. The zero-order chi connectivity index (χ0) is 32.7. The van der Waals surface area contributed by atoms with Gasteiger partial charge in [0.1, 0.15) is 0 Å². The summed E-state index contributed by atoms with van der Waals surface area (Å²) in [6.45, 7) is 0. The van der Waals surface area contributed by atoms with Crippen LogP contribution in [0, 0.1) is 0 Å². The van der Waals surface area contributed by atoms with Crippen molar-refractivity contribution in [3.8, 4) is 22.3 Å². The van der Waals surface area contributed by atoms with Crippen LogP contribution in [0.5, 0.6) is 0 Å². The number of aryl methyl sites for hydroxylation is 1. The van der Waals surface area contributed by atoms with Crippen molar-refractivity contribution in [2.24, 2.45) is 0 Å². The van der Waals surface area contributed by atoms with Gasteiger partial charge in [0.05, 0.1) is 18.5 Å². The van der Waals surface area contributed by atoms with Gasteiger partial charge in [-0.15, -0.1) is 0 Å². The molecule has 1 aliphatic heterocycles. The lowest BCUT2D eigenvalue weighted by Crippen LogP contribution is -2.60. The summed E-state index contributed by atoms with van der Waals surface area (Å²) in [5.41, 5.74) is 11.7. The molecule has 3 unspecified atom stereocenters. The van der Waals surface area contributed by atoms with Crippen molar-refractivity contribution in [1.82, 2.24) is 15.5 Å². The number of hydrogen-bond donors (Lipinski definition) is 2. The van der Waals surface area contributed by atoms with E-state index >= 15 is 0 Å². The third-order valence-corrected chi connectivity index (χ3v) is 10.7. The van der Waals surface area contributed by atoms with Gasteiger partial charge >= 0.3 is 0 Å². The molecule has 0 radical (unpaired) electrons. The van der Waals surface area contributed by atoms with Crippen LogP contribution < -0.4 is 10.6 Å². The van der Waals surface area contributed by atoms with Crippen LogP contribution in [0.4, 0.5) is 0 Å². The van der Waals surface area contributed by atoms with Crippen LogP contribution in [-0.4, -0.2) is 18.1 Å². The van der Waals surface area contributed by atoms with Gasteiger partial charge in [0.25, 0.3) is 0 Å². The van der Waals surface area contributed by atoms with E-state index in [0.717, 1.165) is 25.7 Å². The average molecular weight is 636 g/mol. The fraction of sp³-hybridized carbons (Fsp3) is 0.174. The quantitative estimate of drug-likeness (QED) is 0.185. The Morgan fingerprint density at radius 3 is 2.02 bits per heavy atom. The third kappa shape index (κ3) is 5.54. The van der Waals surface area contributed by atoms with Crippen LogP contribution in [0.15, 0.2) is 151 Å². The molecule has 1 saturated heterocycles. The van der Waals surface area contributed by atoms with Crippen LogP contribution in [0.25, 0.3) is 49.9 Å². The normalized spacial score (nSPS) is 20.8. The van der Waals surface area contributed by atoms with E-state index in [0.29, 0.717) is 0 Å². The van der Waals surface area contributed by atoms with Crippen LogP contribution in [0.3, 0.4) is 0 Å². The van der Waals surface area contributed by atoms with Gasteiger partial charge in [-0.1, -0.05) is 134 Å². The van der Waals surface area contributed by atoms with Crippen LogP contribution >= 0.6 is 0 Å².